The summed E-state index contributed by atoms with van der Waals surface area (Å²) >= 11 is 0. The summed E-state index contributed by atoms with van der Waals surface area (Å²) in [5, 5.41) is 4.61. The minimum absolute atomic E-state index is 0.100. The van der Waals surface area contributed by atoms with Gasteiger partial charge >= 0.3 is 0 Å². The number of ether oxygens (including phenoxy) is 1. The standard InChI is InChI=1S/C22H27F2N3O4S/c1-5-32(28,29)27-12-18(20(30-4)15-6-8-22(23,24)9-7-15)17-10-16(11-25-21(17)27)19-13(2)26-31-14(19)3/h10-12,15,20H,5-9H2,1-4H3. The first-order valence-electron chi connectivity index (χ1n) is 10.7. The number of aromatic nitrogens is 3. The van der Waals surface area contributed by atoms with Crippen molar-refractivity contribution < 1.29 is 26.5 Å². The smallest absolute Gasteiger partial charge is 0.248 e. The Morgan fingerprint density at radius 3 is 2.56 bits per heavy atom. The zero-order valence-corrected chi connectivity index (χ0v) is 19.4. The maximum Gasteiger partial charge on any atom is 0.248 e. The minimum Gasteiger partial charge on any atom is -0.376 e. The average molecular weight is 468 g/mol. The molecule has 174 valence electrons. The molecule has 0 aliphatic heterocycles. The maximum absolute atomic E-state index is 13.7. The van der Waals surface area contributed by atoms with Gasteiger partial charge in [0.2, 0.25) is 15.9 Å². The van der Waals surface area contributed by atoms with Gasteiger partial charge in [0.05, 0.1) is 17.6 Å². The lowest BCUT2D eigenvalue weighted by atomic mass is 9.81. The normalized spacial score (nSPS) is 18.3. The molecule has 0 amide bonds. The number of alkyl halides is 2. The van der Waals surface area contributed by atoms with Crippen LogP contribution in [0.4, 0.5) is 8.78 Å². The Labute approximate surface area is 185 Å². The van der Waals surface area contributed by atoms with Crippen LogP contribution in [0, 0.1) is 19.8 Å². The summed E-state index contributed by atoms with van der Waals surface area (Å²) < 4.78 is 65.3. The summed E-state index contributed by atoms with van der Waals surface area (Å²) in [4.78, 5) is 4.48. The molecule has 0 saturated heterocycles. The van der Waals surface area contributed by atoms with E-state index in [1.54, 1.807) is 20.0 Å². The molecular weight excluding hydrogens is 440 g/mol. The van der Waals surface area contributed by atoms with Crippen LogP contribution >= 0.6 is 0 Å². The van der Waals surface area contributed by atoms with Crippen molar-refractivity contribution in [3.63, 3.8) is 0 Å². The molecule has 0 radical (unpaired) electrons. The minimum atomic E-state index is -3.63. The quantitative estimate of drug-likeness (QED) is 0.506. The van der Waals surface area contributed by atoms with E-state index in [4.69, 9.17) is 9.26 Å². The Bertz CT molecular complexity index is 1220. The van der Waals surface area contributed by atoms with Gasteiger partial charge in [-0.15, -0.1) is 0 Å². The SMILES string of the molecule is CCS(=O)(=O)n1cc(C(OC)C2CCC(F)(F)CC2)c2cc(-c3c(C)noc3C)cnc21. The summed E-state index contributed by atoms with van der Waals surface area (Å²) in [6.45, 7) is 5.19. The highest BCUT2D eigenvalue weighted by Gasteiger charge is 2.39. The van der Waals surface area contributed by atoms with Crippen LogP contribution in [-0.2, 0) is 14.8 Å². The molecule has 3 aromatic heterocycles. The van der Waals surface area contributed by atoms with Crippen LogP contribution in [0.3, 0.4) is 0 Å². The van der Waals surface area contributed by atoms with Gasteiger partial charge in [0.1, 0.15) is 5.76 Å². The topological polar surface area (TPSA) is 87.2 Å². The van der Waals surface area contributed by atoms with E-state index in [2.05, 4.69) is 10.1 Å². The molecule has 0 aromatic carbocycles. The lowest BCUT2D eigenvalue weighted by Gasteiger charge is -2.33. The molecule has 4 rings (SSSR count). The van der Waals surface area contributed by atoms with Crippen LogP contribution in [0.5, 0.6) is 0 Å². The zero-order valence-electron chi connectivity index (χ0n) is 18.6. The predicted molar refractivity (Wildman–Crippen MR) is 116 cm³/mol. The Morgan fingerprint density at radius 1 is 1.31 bits per heavy atom. The van der Waals surface area contributed by atoms with E-state index in [9.17, 15) is 17.2 Å². The fourth-order valence-corrected chi connectivity index (χ4v) is 5.61. The number of hydrogen-bond donors (Lipinski definition) is 0. The van der Waals surface area contributed by atoms with Gasteiger partial charge in [0.15, 0.2) is 5.65 Å². The van der Waals surface area contributed by atoms with Crippen LogP contribution in [0.15, 0.2) is 23.0 Å². The summed E-state index contributed by atoms with van der Waals surface area (Å²) in [6, 6.07) is 1.86. The summed E-state index contributed by atoms with van der Waals surface area (Å²) in [7, 11) is -2.10. The monoisotopic (exact) mass is 467 g/mol. The second-order valence-corrected chi connectivity index (χ2v) is 10.6. The van der Waals surface area contributed by atoms with Gasteiger partial charge < -0.3 is 9.26 Å². The summed E-state index contributed by atoms with van der Waals surface area (Å²) in [5.41, 5.74) is 3.16. The van der Waals surface area contributed by atoms with E-state index in [1.165, 1.54) is 17.3 Å². The Kier molecular flexibility index (Phi) is 5.87. The van der Waals surface area contributed by atoms with Gasteiger partial charge in [-0.1, -0.05) is 5.16 Å². The van der Waals surface area contributed by atoms with Crippen molar-refractivity contribution in [2.24, 2.45) is 5.92 Å². The van der Waals surface area contributed by atoms with Crippen molar-refractivity contribution in [3.05, 3.63) is 35.5 Å². The van der Waals surface area contributed by atoms with Gasteiger partial charge in [-0.25, -0.2) is 26.2 Å². The van der Waals surface area contributed by atoms with Crippen LogP contribution in [0.25, 0.3) is 22.2 Å². The van der Waals surface area contributed by atoms with E-state index in [1.807, 2.05) is 13.0 Å². The lowest BCUT2D eigenvalue weighted by molar-refractivity contribution is -0.0687. The molecule has 3 aromatic rings. The second-order valence-electron chi connectivity index (χ2n) is 8.42. The summed E-state index contributed by atoms with van der Waals surface area (Å²) in [6.07, 6.45) is 2.81. The van der Waals surface area contributed by atoms with E-state index in [0.29, 0.717) is 40.9 Å². The van der Waals surface area contributed by atoms with Crippen LogP contribution in [-0.4, -0.2) is 41.3 Å². The highest BCUT2D eigenvalue weighted by molar-refractivity contribution is 7.90. The molecule has 10 heteroatoms. The van der Waals surface area contributed by atoms with Gasteiger partial charge in [0.25, 0.3) is 0 Å². The van der Waals surface area contributed by atoms with Crippen molar-refractivity contribution in [2.45, 2.75) is 58.5 Å². The summed E-state index contributed by atoms with van der Waals surface area (Å²) in [5.74, 6) is -2.28. The highest BCUT2D eigenvalue weighted by Crippen LogP contribution is 2.44. The van der Waals surface area contributed by atoms with Crippen molar-refractivity contribution in [1.29, 1.82) is 0 Å². The number of aryl methyl sites for hydroxylation is 2. The van der Waals surface area contributed by atoms with E-state index in [-0.39, 0.29) is 24.5 Å². The number of fused-ring (bicyclic) bond motifs is 1. The molecule has 3 heterocycles. The third kappa shape index (κ3) is 3.94. The van der Waals surface area contributed by atoms with E-state index in [0.717, 1.165) is 11.1 Å². The largest absolute Gasteiger partial charge is 0.376 e. The van der Waals surface area contributed by atoms with Gasteiger partial charge in [0, 0.05) is 54.4 Å². The number of rotatable bonds is 6. The van der Waals surface area contributed by atoms with Crippen LogP contribution < -0.4 is 0 Å². The first-order chi connectivity index (χ1) is 15.1. The lowest BCUT2D eigenvalue weighted by Crippen LogP contribution is -2.28. The fraction of sp³-hybridized carbons (Fsp3) is 0.545. The zero-order chi connectivity index (χ0) is 23.3. The third-order valence-electron chi connectivity index (χ3n) is 6.38. The Hall–Kier alpha value is -2.33. The molecule has 32 heavy (non-hydrogen) atoms. The molecule has 0 spiro atoms. The molecule has 7 nitrogen and oxygen atoms in total. The Morgan fingerprint density at radius 2 is 2.00 bits per heavy atom. The van der Waals surface area contributed by atoms with Gasteiger partial charge in [-0.3, -0.25) is 0 Å². The van der Waals surface area contributed by atoms with Crippen molar-refractivity contribution >= 4 is 21.1 Å². The van der Waals surface area contributed by atoms with Gasteiger partial charge in [-0.05, 0) is 45.6 Å². The van der Waals surface area contributed by atoms with Crippen LogP contribution in [0.2, 0.25) is 0 Å². The maximum atomic E-state index is 13.7. The molecule has 1 saturated carbocycles. The fourth-order valence-electron chi connectivity index (χ4n) is 4.65. The highest BCUT2D eigenvalue weighted by atomic mass is 32.2. The number of halogens is 2. The first-order valence-corrected chi connectivity index (χ1v) is 12.3. The molecule has 1 unspecified atom stereocenters. The number of hydrogen-bond acceptors (Lipinski definition) is 6. The number of pyridine rings is 1. The van der Waals surface area contributed by atoms with Crippen LogP contribution in [0.1, 0.15) is 55.7 Å². The molecule has 1 atom stereocenters. The molecule has 1 aliphatic rings. The second kappa shape index (κ2) is 8.22. The van der Waals surface area contributed by atoms with Crippen molar-refractivity contribution in [2.75, 3.05) is 12.9 Å². The molecule has 1 aliphatic carbocycles. The molecule has 0 bridgehead atoms. The van der Waals surface area contributed by atoms with Gasteiger partial charge in [-0.2, -0.15) is 0 Å². The molecule has 1 fully saturated rings. The number of methoxy groups -OCH3 is 1. The molecule has 0 N–H and O–H groups in total. The molecular formula is C22H27F2N3O4S. The van der Waals surface area contributed by atoms with Crippen molar-refractivity contribution in [1.82, 2.24) is 14.1 Å². The van der Waals surface area contributed by atoms with E-state index >= 15 is 0 Å². The first kappa shape index (κ1) is 22.8. The van der Waals surface area contributed by atoms with Crippen molar-refractivity contribution in [3.8, 4) is 11.1 Å². The number of nitrogens with zero attached hydrogens (tertiary/aromatic N) is 3. The van der Waals surface area contributed by atoms with E-state index < -0.39 is 22.0 Å². The third-order valence-corrected chi connectivity index (χ3v) is 7.99. The average Bonchev–Trinajstić information content (AvgIpc) is 3.29. The predicted octanol–water partition coefficient (Wildman–Crippen LogP) is 5.02. The Balaban J connectivity index is 1.89.